The van der Waals surface area contributed by atoms with Crippen LogP contribution in [0.15, 0.2) is 71.7 Å². The van der Waals surface area contributed by atoms with Gasteiger partial charge in [-0.2, -0.15) is 5.10 Å². The molecular formula is C20H19N5O2. The maximum Gasteiger partial charge on any atom is 0.272 e. The number of hydrogen-bond acceptors (Lipinski definition) is 4. The van der Waals surface area contributed by atoms with Gasteiger partial charge >= 0.3 is 0 Å². The third-order valence-corrected chi connectivity index (χ3v) is 4.28. The fraction of sp³-hybridized carbons (Fsp3) is 0.150. The largest absolute Gasteiger partial charge is 0.460 e. The second-order valence-electron chi connectivity index (χ2n) is 6.27. The summed E-state index contributed by atoms with van der Waals surface area (Å²) < 4.78 is 7.50. The maximum atomic E-state index is 12.8. The Morgan fingerprint density at radius 3 is 2.81 bits per heavy atom. The first-order chi connectivity index (χ1) is 13.2. The number of aromatic amines is 1. The second kappa shape index (κ2) is 7.33. The number of carbonyl (C=O) groups excluding carboxylic acids is 1. The first-order valence-electron chi connectivity index (χ1n) is 8.63. The molecule has 2 N–H and O–H groups in total. The van der Waals surface area contributed by atoms with E-state index in [2.05, 4.69) is 20.5 Å². The third kappa shape index (κ3) is 3.82. The zero-order chi connectivity index (χ0) is 18.6. The number of aromatic nitrogens is 4. The molecule has 0 spiro atoms. The fourth-order valence-electron chi connectivity index (χ4n) is 2.90. The summed E-state index contributed by atoms with van der Waals surface area (Å²) in [6.45, 7) is 2.44. The third-order valence-electron chi connectivity index (χ3n) is 4.28. The molecule has 27 heavy (non-hydrogen) atoms. The lowest BCUT2D eigenvalue weighted by Gasteiger charge is -2.19. The molecule has 7 nitrogen and oxygen atoms in total. The minimum Gasteiger partial charge on any atom is -0.460 e. The molecule has 1 atom stereocenters. The number of rotatable bonds is 6. The number of furan rings is 1. The smallest absolute Gasteiger partial charge is 0.272 e. The molecule has 7 heteroatoms. The van der Waals surface area contributed by atoms with Crippen LogP contribution >= 0.6 is 0 Å². The topological polar surface area (TPSA) is 88.7 Å². The van der Waals surface area contributed by atoms with Gasteiger partial charge in [0.15, 0.2) is 11.5 Å². The highest BCUT2D eigenvalue weighted by molar-refractivity contribution is 5.93. The van der Waals surface area contributed by atoms with Crippen LogP contribution in [-0.2, 0) is 6.54 Å². The summed E-state index contributed by atoms with van der Waals surface area (Å²) in [5.41, 5.74) is 1.99. The first-order valence-corrected chi connectivity index (χ1v) is 8.63. The number of imidazole rings is 1. The van der Waals surface area contributed by atoms with Crippen molar-refractivity contribution >= 4 is 5.91 Å². The number of hydrogen-bond donors (Lipinski definition) is 2. The Morgan fingerprint density at radius 2 is 2.11 bits per heavy atom. The molecule has 1 amide bonds. The lowest BCUT2D eigenvalue weighted by atomic mass is 10.1. The van der Waals surface area contributed by atoms with Crippen LogP contribution in [-0.4, -0.2) is 25.7 Å². The van der Waals surface area contributed by atoms with Crippen LogP contribution in [0.5, 0.6) is 0 Å². The summed E-state index contributed by atoms with van der Waals surface area (Å²) in [5, 5.41) is 10.0. The van der Waals surface area contributed by atoms with Gasteiger partial charge < -0.3 is 14.3 Å². The van der Waals surface area contributed by atoms with Gasteiger partial charge in [0.05, 0.1) is 12.4 Å². The van der Waals surface area contributed by atoms with Crippen LogP contribution in [0.2, 0.25) is 0 Å². The second-order valence-corrected chi connectivity index (χ2v) is 6.27. The van der Waals surface area contributed by atoms with Gasteiger partial charge in [-0.25, -0.2) is 4.98 Å². The van der Waals surface area contributed by atoms with E-state index >= 15 is 0 Å². The highest BCUT2D eigenvalue weighted by atomic mass is 16.3. The molecule has 3 aromatic heterocycles. The molecule has 0 aliphatic rings. The molecule has 3 heterocycles. The zero-order valence-corrected chi connectivity index (χ0v) is 14.8. The molecule has 0 saturated heterocycles. The summed E-state index contributed by atoms with van der Waals surface area (Å²) >= 11 is 0. The predicted octanol–water partition coefficient (Wildman–Crippen LogP) is 3.35. The molecule has 1 unspecified atom stereocenters. The van der Waals surface area contributed by atoms with Crippen molar-refractivity contribution in [3.63, 3.8) is 0 Å². The van der Waals surface area contributed by atoms with E-state index in [-0.39, 0.29) is 11.9 Å². The molecule has 4 rings (SSSR count). The van der Waals surface area contributed by atoms with Crippen LogP contribution < -0.4 is 5.32 Å². The van der Waals surface area contributed by atoms with Gasteiger partial charge in [-0.3, -0.25) is 9.89 Å². The lowest BCUT2D eigenvalue weighted by Crippen LogP contribution is -2.31. The predicted molar refractivity (Wildman–Crippen MR) is 99.9 cm³/mol. The van der Waals surface area contributed by atoms with Crippen LogP contribution in [0.3, 0.4) is 0 Å². The molecule has 136 valence electrons. The molecule has 0 aliphatic heterocycles. The van der Waals surface area contributed by atoms with Gasteiger partial charge in [-0.1, -0.05) is 30.3 Å². The minimum atomic E-state index is -0.255. The van der Waals surface area contributed by atoms with E-state index < -0.39 is 0 Å². The molecule has 0 radical (unpaired) electrons. The monoisotopic (exact) mass is 361 g/mol. The van der Waals surface area contributed by atoms with Crippen molar-refractivity contribution in [1.29, 1.82) is 0 Å². The van der Waals surface area contributed by atoms with Crippen molar-refractivity contribution in [2.24, 2.45) is 0 Å². The van der Waals surface area contributed by atoms with E-state index in [1.54, 1.807) is 18.6 Å². The van der Waals surface area contributed by atoms with Crippen molar-refractivity contribution < 1.29 is 9.21 Å². The highest BCUT2D eigenvalue weighted by Crippen LogP contribution is 2.21. The fourth-order valence-corrected chi connectivity index (χ4v) is 2.90. The Kier molecular flexibility index (Phi) is 4.57. The van der Waals surface area contributed by atoms with Crippen LogP contribution in [0.4, 0.5) is 0 Å². The van der Waals surface area contributed by atoms with Crippen LogP contribution in [0, 0.1) is 6.92 Å². The number of benzene rings is 1. The summed E-state index contributed by atoms with van der Waals surface area (Å²) in [5.74, 6) is 1.20. The van der Waals surface area contributed by atoms with Gasteiger partial charge in [0.2, 0.25) is 0 Å². The molecule has 0 saturated carbocycles. The highest BCUT2D eigenvalue weighted by Gasteiger charge is 2.19. The normalized spacial score (nSPS) is 12.0. The Balaban J connectivity index is 1.54. The summed E-state index contributed by atoms with van der Waals surface area (Å²) in [4.78, 5) is 16.8. The van der Waals surface area contributed by atoms with E-state index in [0.717, 1.165) is 11.3 Å². The van der Waals surface area contributed by atoms with Crippen LogP contribution in [0.25, 0.3) is 11.5 Å². The molecular weight excluding hydrogens is 342 g/mol. The Bertz CT molecular complexity index is 1020. The molecule has 0 fully saturated rings. The van der Waals surface area contributed by atoms with E-state index in [1.807, 2.05) is 60.2 Å². The van der Waals surface area contributed by atoms with Crippen molar-refractivity contribution in [1.82, 2.24) is 25.1 Å². The molecule has 0 aliphatic carbocycles. The van der Waals surface area contributed by atoms with Gasteiger partial charge in [0.25, 0.3) is 5.91 Å². The Labute approximate surface area is 156 Å². The van der Waals surface area contributed by atoms with Gasteiger partial charge in [0.1, 0.15) is 11.5 Å². The maximum absolute atomic E-state index is 12.8. The Hall–Kier alpha value is -3.61. The summed E-state index contributed by atoms with van der Waals surface area (Å²) in [6.07, 6.45) is 5.32. The molecule has 1 aromatic carbocycles. The number of nitrogens with zero attached hydrogens (tertiary/aromatic N) is 3. The number of carbonyl (C=O) groups is 1. The first kappa shape index (κ1) is 16.8. The Morgan fingerprint density at radius 1 is 1.26 bits per heavy atom. The van der Waals surface area contributed by atoms with E-state index in [9.17, 15) is 4.79 Å². The average Bonchev–Trinajstić information content (AvgIpc) is 3.43. The molecule has 0 bridgehead atoms. The summed E-state index contributed by atoms with van der Waals surface area (Å²) in [6, 6.07) is 15.0. The average molecular weight is 361 g/mol. The van der Waals surface area contributed by atoms with Crippen molar-refractivity contribution in [3.8, 4) is 11.5 Å². The van der Waals surface area contributed by atoms with Gasteiger partial charge in [-0.05, 0) is 24.6 Å². The van der Waals surface area contributed by atoms with Gasteiger partial charge in [-0.15, -0.1) is 0 Å². The number of H-pyrrole nitrogens is 1. The van der Waals surface area contributed by atoms with E-state index in [1.165, 1.54) is 0 Å². The van der Waals surface area contributed by atoms with E-state index in [0.29, 0.717) is 23.7 Å². The lowest BCUT2D eigenvalue weighted by molar-refractivity contribution is 0.0927. The van der Waals surface area contributed by atoms with E-state index in [4.69, 9.17) is 4.42 Å². The SMILES string of the molecule is Cc1ccc(-c2cc(C(=O)NC(Cn3ccnc3)c3ccccc3)n[nH]2)o1. The van der Waals surface area contributed by atoms with Gasteiger partial charge in [0, 0.05) is 25.0 Å². The number of amides is 1. The quantitative estimate of drug-likeness (QED) is 0.551. The number of aryl methyl sites for hydroxylation is 1. The van der Waals surface area contributed by atoms with Crippen LogP contribution in [0.1, 0.15) is 27.9 Å². The van der Waals surface area contributed by atoms with Crippen molar-refractivity contribution in [2.45, 2.75) is 19.5 Å². The molecule has 4 aromatic rings. The minimum absolute atomic E-state index is 0.209. The zero-order valence-electron chi connectivity index (χ0n) is 14.8. The van der Waals surface area contributed by atoms with Crippen molar-refractivity contribution in [2.75, 3.05) is 0 Å². The van der Waals surface area contributed by atoms with Crippen molar-refractivity contribution in [3.05, 3.63) is 84.3 Å². The summed E-state index contributed by atoms with van der Waals surface area (Å²) in [7, 11) is 0. The number of nitrogens with one attached hydrogen (secondary N) is 2. The standard InChI is InChI=1S/C20H19N5O2/c1-14-7-8-19(27-14)16-11-17(24-23-16)20(26)22-18(12-25-10-9-21-13-25)15-5-3-2-4-6-15/h2-11,13,18H,12H2,1H3,(H,22,26)(H,23,24).